The SMILES string of the molecule is COCCN(C)CCNC1CCOC2(CCCCC2)C1. The van der Waals surface area contributed by atoms with Gasteiger partial charge in [0.15, 0.2) is 0 Å². The lowest BCUT2D eigenvalue weighted by Gasteiger charge is -2.43. The number of likely N-dealkylation sites (N-methyl/N-ethyl adjacent to an activating group) is 1. The molecule has 1 saturated heterocycles. The Morgan fingerprint density at radius 1 is 1.25 bits per heavy atom. The van der Waals surface area contributed by atoms with E-state index in [-0.39, 0.29) is 5.60 Å². The van der Waals surface area contributed by atoms with Gasteiger partial charge in [-0.3, -0.25) is 0 Å². The Kier molecular flexibility index (Phi) is 6.75. The van der Waals surface area contributed by atoms with Crippen molar-refractivity contribution in [1.29, 1.82) is 0 Å². The minimum atomic E-state index is 0.218. The third kappa shape index (κ3) is 4.99. The van der Waals surface area contributed by atoms with Crippen molar-refractivity contribution in [3.63, 3.8) is 0 Å². The van der Waals surface area contributed by atoms with Crippen LogP contribution in [0.1, 0.15) is 44.9 Å². The normalized spacial score (nSPS) is 26.2. The molecule has 2 rings (SSSR count). The van der Waals surface area contributed by atoms with Crippen molar-refractivity contribution >= 4 is 0 Å². The summed E-state index contributed by atoms with van der Waals surface area (Å²) in [4.78, 5) is 2.33. The van der Waals surface area contributed by atoms with Crippen LogP contribution in [-0.2, 0) is 9.47 Å². The summed E-state index contributed by atoms with van der Waals surface area (Å²) in [5.74, 6) is 0. The highest BCUT2D eigenvalue weighted by Gasteiger charge is 2.38. The first-order valence-corrected chi connectivity index (χ1v) is 8.29. The summed E-state index contributed by atoms with van der Waals surface area (Å²) >= 11 is 0. The summed E-state index contributed by atoms with van der Waals surface area (Å²) in [6, 6.07) is 0.651. The second kappa shape index (κ2) is 8.32. The zero-order valence-electron chi connectivity index (χ0n) is 13.3. The van der Waals surface area contributed by atoms with Crippen molar-refractivity contribution < 1.29 is 9.47 Å². The van der Waals surface area contributed by atoms with E-state index >= 15 is 0 Å². The highest BCUT2D eigenvalue weighted by atomic mass is 16.5. The molecule has 1 atom stereocenters. The van der Waals surface area contributed by atoms with E-state index in [9.17, 15) is 0 Å². The van der Waals surface area contributed by atoms with Gasteiger partial charge < -0.3 is 19.7 Å². The number of hydrogen-bond donors (Lipinski definition) is 1. The predicted molar refractivity (Wildman–Crippen MR) is 82.2 cm³/mol. The molecule has 1 heterocycles. The van der Waals surface area contributed by atoms with Gasteiger partial charge in [-0.2, -0.15) is 0 Å². The van der Waals surface area contributed by atoms with Crippen LogP contribution < -0.4 is 5.32 Å². The average molecular weight is 284 g/mol. The monoisotopic (exact) mass is 284 g/mol. The summed E-state index contributed by atoms with van der Waals surface area (Å²) in [6.45, 7) is 4.93. The summed E-state index contributed by atoms with van der Waals surface area (Å²) in [7, 11) is 3.92. The summed E-state index contributed by atoms with van der Waals surface area (Å²) in [5, 5.41) is 3.74. The van der Waals surface area contributed by atoms with Crippen molar-refractivity contribution in [1.82, 2.24) is 10.2 Å². The number of ether oxygens (including phenoxy) is 2. The molecular weight excluding hydrogens is 252 g/mol. The molecule has 4 nitrogen and oxygen atoms in total. The van der Waals surface area contributed by atoms with Crippen LogP contribution in [0, 0.1) is 0 Å². The Balaban J connectivity index is 1.65. The first kappa shape index (κ1) is 16.2. The first-order chi connectivity index (χ1) is 9.74. The van der Waals surface area contributed by atoms with Crippen molar-refractivity contribution in [3.8, 4) is 0 Å². The van der Waals surface area contributed by atoms with Gasteiger partial charge in [-0.1, -0.05) is 19.3 Å². The maximum atomic E-state index is 6.15. The van der Waals surface area contributed by atoms with E-state index in [0.717, 1.165) is 32.8 Å². The highest BCUT2D eigenvalue weighted by molar-refractivity contribution is 4.92. The molecule has 0 radical (unpaired) electrons. The topological polar surface area (TPSA) is 33.7 Å². The van der Waals surface area contributed by atoms with Crippen molar-refractivity contribution in [2.24, 2.45) is 0 Å². The van der Waals surface area contributed by atoms with Crippen LogP contribution in [0.2, 0.25) is 0 Å². The molecule has 0 aromatic rings. The largest absolute Gasteiger partial charge is 0.383 e. The van der Waals surface area contributed by atoms with Gasteiger partial charge in [-0.05, 0) is 32.7 Å². The molecule has 0 aromatic carbocycles. The number of nitrogens with zero attached hydrogens (tertiary/aromatic N) is 1. The number of rotatable bonds is 7. The molecule has 0 bridgehead atoms. The molecule has 0 amide bonds. The van der Waals surface area contributed by atoms with Gasteiger partial charge >= 0.3 is 0 Å². The predicted octanol–water partition coefficient (Wildman–Crippen LogP) is 2.04. The Labute approximate surface area is 124 Å². The second-order valence-electron chi connectivity index (χ2n) is 6.53. The quantitative estimate of drug-likeness (QED) is 0.776. The van der Waals surface area contributed by atoms with Gasteiger partial charge in [0.25, 0.3) is 0 Å². The fourth-order valence-electron chi connectivity index (χ4n) is 3.57. The summed E-state index contributed by atoms with van der Waals surface area (Å²) in [6.07, 6.45) is 9.04. The molecule has 1 spiro atoms. The Bertz CT molecular complexity index is 262. The Morgan fingerprint density at radius 3 is 2.80 bits per heavy atom. The van der Waals surface area contributed by atoms with E-state index in [1.165, 1.54) is 44.9 Å². The van der Waals surface area contributed by atoms with E-state index in [4.69, 9.17) is 9.47 Å². The fourth-order valence-corrected chi connectivity index (χ4v) is 3.57. The third-order valence-corrected chi connectivity index (χ3v) is 4.86. The van der Waals surface area contributed by atoms with E-state index in [1.54, 1.807) is 7.11 Å². The lowest BCUT2D eigenvalue weighted by atomic mass is 9.78. The standard InChI is InChI=1S/C16H32N2O2/c1-18(11-13-19-2)10-9-17-15-6-12-20-16(14-15)7-4-3-5-8-16/h15,17H,3-14H2,1-2H3. The van der Waals surface area contributed by atoms with Gasteiger partial charge in [0.1, 0.15) is 0 Å². The minimum Gasteiger partial charge on any atom is -0.383 e. The Morgan fingerprint density at radius 2 is 2.05 bits per heavy atom. The molecule has 118 valence electrons. The van der Waals surface area contributed by atoms with Crippen LogP contribution in [-0.4, -0.2) is 63.5 Å². The van der Waals surface area contributed by atoms with Gasteiger partial charge in [0, 0.05) is 39.4 Å². The molecule has 1 aliphatic heterocycles. The van der Waals surface area contributed by atoms with E-state index in [1.807, 2.05) is 0 Å². The maximum absolute atomic E-state index is 6.15. The van der Waals surface area contributed by atoms with Crippen LogP contribution in [0.4, 0.5) is 0 Å². The maximum Gasteiger partial charge on any atom is 0.0697 e. The lowest BCUT2D eigenvalue weighted by Crippen LogP contribution is -2.49. The first-order valence-electron chi connectivity index (χ1n) is 8.29. The zero-order chi connectivity index (χ0) is 14.3. The molecule has 1 unspecified atom stereocenters. The van der Waals surface area contributed by atoms with Gasteiger partial charge in [0.2, 0.25) is 0 Å². The number of hydrogen-bond acceptors (Lipinski definition) is 4. The molecule has 1 saturated carbocycles. The van der Waals surface area contributed by atoms with Crippen LogP contribution >= 0.6 is 0 Å². The molecule has 4 heteroatoms. The molecule has 1 N–H and O–H groups in total. The van der Waals surface area contributed by atoms with Crippen molar-refractivity contribution in [2.75, 3.05) is 47.0 Å². The zero-order valence-corrected chi connectivity index (χ0v) is 13.3. The van der Waals surface area contributed by atoms with Crippen LogP contribution in [0.15, 0.2) is 0 Å². The average Bonchev–Trinajstić information content (AvgIpc) is 2.46. The van der Waals surface area contributed by atoms with Crippen LogP contribution in [0.3, 0.4) is 0 Å². The van der Waals surface area contributed by atoms with Crippen LogP contribution in [0.5, 0.6) is 0 Å². The lowest BCUT2D eigenvalue weighted by molar-refractivity contribution is -0.109. The Hall–Kier alpha value is -0.160. The van der Waals surface area contributed by atoms with Crippen LogP contribution in [0.25, 0.3) is 0 Å². The summed E-state index contributed by atoms with van der Waals surface area (Å²) < 4.78 is 11.3. The van der Waals surface area contributed by atoms with Gasteiger partial charge in [0.05, 0.1) is 12.2 Å². The molecule has 2 fully saturated rings. The summed E-state index contributed by atoms with van der Waals surface area (Å²) in [5.41, 5.74) is 0.218. The number of methoxy groups -OCH3 is 1. The molecular formula is C16H32N2O2. The van der Waals surface area contributed by atoms with Gasteiger partial charge in [-0.25, -0.2) is 0 Å². The van der Waals surface area contributed by atoms with E-state index < -0.39 is 0 Å². The smallest absolute Gasteiger partial charge is 0.0697 e. The molecule has 0 aromatic heterocycles. The van der Waals surface area contributed by atoms with Crippen molar-refractivity contribution in [2.45, 2.75) is 56.6 Å². The number of nitrogens with one attached hydrogen (secondary N) is 1. The molecule has 20 heavy (non-hydrogen) atoms. The van der Waals surface area contributed by atoms with E-state index in [2.05, 4.69) is 17.3 Å². The molecule has 2 aliphatic rings. The minimum absolute atomic E-state index is 0.218. The third-order valence-electron chi connectivity index (χ3n) is 4.86. The van der Waals surface area contributed by atoms with E-state index in [0.29, 0.717) is 6.04 Å². The van der Waals surface area contributed by atoms with Gasteiger partial charge in [-0.15, -0.1) is 0 Å². The molecule has 1 aliphatic carbocycles. The second-order valence-corrected chi connectivity index (χ2v) is 6.53. The fraction of sp³-hybridized carbons (Fsp3) is 1.00. The van der Waals surface area contributed by atoms with Crippen molar-refractivity contribution in [3.05, 3.63) is 0 Å². The highest BCUT2D eigenvalue weighted by Crippen LogP contribution is 2.38.